The van der Waals surface area contributed by atoms with E-state index in [1.54, 1.807) is 13.2 Å². The molecule has 0 saturated carbocycles. The van der Waals surface area contributed by atoms with Gasteiger partial charge in [0.2, 0.25) is 11.8 Å². The molecular formula is C18H19N3O2. The summed E-state index contributed by atoms with van der Waals surface area (Å²) in [5, 5.41) is 1.15. The molecule has 2 aliphatic heterocycles. The van der Waals surface area contributed by atoms with Gasteiger partial charge in [0.1, 0.15) is 0 Å². The summed E-state index contributed by atoms with van der Waals surface area (Å²) in [7, 11) is 1.59. The van der Waals surface area contributed by atoms with Crippen molar-refractivity contribution in [2.45, 2.75) is 13.5 Å². The molecule has 2 amide bonds. The Balaban J connectivity index is 1.63. The van der Waals surface area contributed by atoms with Crippen LogP contribution < -0.4 is 0 Å². The molecule has 2 aliphatic rings. The fraction of sp³-hybridized carbons (Fsp3) is 0.389. The first kappa shape index (κ1) is 14.3. The van der Waals surface area contributed by atoms with Crippen molar-refractivity contribution in [2.24, 2.45) is 11.8 Å². The quantitative estimate of drug-likeness (QED) is 0.791. The molecule has 4 rings (SSSR count). The number of aromatic nitrogens is 1. The maximum absolute atomic E-state index is 12.1. The minimum Gasteiger partial charge on any atom is -0.297 e. The zero-order valence-electron chi connectivity index (χ0n) is 13.3. The van der Waals surface area contributed by atoms with Crippen LogP contribution in [0.5, 0.6) is 0 Å². The lowest BCUT2D eigenvalue weighted by Gasteiger charge is -2.20. The lowest BCUT2D eigenvalue weighted by molar-refractivity contribution is -0.138. The van der Waals surface area contributed by atoms with Crippen LogP contribution in [0.3, 0.4) is 0 Å². The number of aryl methyl sites for hydroxylation is 1. The van der Waals surface area contributed by atoms with Gasteiger partial charge in [-0.3, -0.25) is 24.4 Å². The van der Waals surface area contributed by atoms with Gasteiger partial charge in [-0.25, -0.2) is 0 Å². The average Bonchev–Trinajstić information content (AvgIpc) is 3.06. The zero-order valence-corrected chi connectivity index (χ0v) is 13.3. The van der Waals surface area contributed by atoms with Crippen LogP contribution in [0.25, 0.3) is 10.9 Å². The van der Waals surface area contributed by atoms with Crippen LogP contribution in [0, 0.1) is 18.8 Å². The fourth-order valence-corrected chi connectivity index (χ4v) is 3.88. The van der Waals surface area contributed by atoms with E-state index in [1.807, 2.05) is 12.1 Å². The first-order chi connectivity index (χ1) is 11.1. The second kappa shape index (κ2) is 5.13. The van der Waals surface area contributed by atoms with Crippen molar-refractivity contribution in [3.8, 4) is 0 Å². The Hall–Kier alpha value is -2.27. The third-order valence-corrected chi connectivity index (χ3v) is 5.20. The highest BCUT2D eigenvalue weighted by molar-refractivity contribution is 6.05. The van der Waals surface area contributed by atoms with E-state index in [0.29, 0.717) is 13.1 Å². The summed E-state index contributed by atoms with van der Waals surface area (Å²) in [6, 6.07) is 8.16. The van der Waals surface area contributed by atoms with Crippen LogP contribution in [0.15, 0.2) is 30.5 Å². The third kappa shape index (κ3) is 2.15. The van der Waals surface area contributed by atoms with Crippen LogP contribution >= 0.6 is 0 Å². The van der Waals surface area contributed by atoms with Crippen molar-refractivity contribution in [3.05, 3.63) is 41.6 Å². The van der Waals surface area contributed by atoms with Gasteiger partial charge in [0.05, 0.1) is 17.4 Å². The van der Waals surface area contributed by atoms with Crippen LogP contribution in [0.2, 0.25) is 0 Å². The maximum atomic E-state index is 12.1. The summed E-state index contributed by atoms with van der Waals surface area (Å²) in [6.07, 6.45) is 1.80. The highest BCUT2D eigenvalue weighted by atomic mass is 16.2. The number of likely N-dealkylation sites (tertiary alicyclic amines) is 2. The number of carbonyl (C=O) groups is 2. The van der Waals surface area contributed by atoms with Gasteiger partial charge < -0.3 is 0 Å². The molecule has 3 heterocycles. The van der Waals surface area contributed by atoms with Crippen molar-refractivity contribution in [3.63, 3.8) is 0 Å². The first-order valence-corrected chi connectivity index (χ1v) is 7.93. The Kier molecular flexibility index (Phi) is 3.20. The molecule has 1 aromatic carbocycles. The van der Waals surface area contributed by atoms with E-state index in [2.05, 4.69) is 28.9 Å². The van der Waals surface area contributed by atoms with E-state index in [9.17, 15) is 9.59 Å². The molecular weight excluding hydrogens is 290 g/mol. The summed E-state index contributed by atoms with van der Waals surface area (Å²) in [5.41, 5.74) is 3.44. The lowest BCUT2D eigenvalue weighted by atomic mass is 10.00. The summed E-state index contributed by atoms with van der Waals surface area (Å²) in [6.45, 7) is 4.18. The molecule has 23 heavy (non-hydrogen) atoms. The molecule has 2 atom stereocenters. The largest absolute Gasteiger partial charge is 0.297 e. The zero-order chi connectivity index (χ0) is 16.1. The monoisotopic (exact) mass is 309 g/mol. The minimum absolute atomic E-state index is 0.0289. The number of hydrogen-bond donors (Lipinski definition) is 0. The number of amides is 2. The molecule has 1 aromatic heterocycles. The van der Waals surface area contributed by atoms with E-state index < -0.39 is 0 Å². The van der Waals surface area contributed by atoms with Crippen LogP contribution in [0.4, 0.5) is 0 Å². The SMILES string of the molecule is Cc1ccc2ncccc2c1CN1C[C@@H]2C(=O)N(C)C(=O)[C@@H]2C1. The number of fused-ring (bicyclic) bond motifs is 2. The predicted molar refractivity (Wildman–Crippen MR) is 86.5 cm³/mol. The molecule has 0 radical (unpaired) electrons. The van der Waals surface area contributed by atoms with Crippen LogP contribution in [-0.4, -0.2) is 46.7 Å². The van der Waals surface area contributed by atoms with Crippen molar-refractivity contribution in [1.82, 2.24) is 14.8 Å². The number of nitrogens with zero attached hydrogens (tertiary/aromatic N) is 3. The Morgan fingerprint density at radius 1 is 1.13 bits per heavy atom. The molecule has 0 aliphatic carbocycles. The number of hydrogen-bond acceptors (Lipinski definition) is 4. The Bertz CT molecular complexity index is 793. The van der Waals surface area contributed by atoms with Gasteiger partial charge in [0.15, 0.2) is 0 Å². The van der Waals surface area contributed by atoms with E-state index in [4.69, 9.17) is 0 Å². The van der Waals surface area contributed by atoms with Gasteiger partial charge in [-0.15, -0.1) is 0 Å². The summed E-state index contributed by atoms with van der Waals surface area (Å²) < 4.78 is 0. The van der Waals surface area contributed by atoms with Gasteiger partial charge in [0.25, 0.3) is 0 Å². The smallest absolute Gasteiger partial charge is 0.234 e. The number of imide groups is 1. The van der Waals surface area contributed by atoms with Crippen molar-refractivity contribution in [1.29, 1.82) is 0 Å². The van der Waals surface area contributed by atoms with E-state index in [1.165, 1.54) is 16.0 Å². The molecule has 0 bridgehead atoms. The topological polar surface area (TPSA) is 53.5 Å². The number of carbonyl (C=O) groups excluding carboxylic acids is 2. The molecule has 2 fully saturated rings. The van der Waals surface area contributed by atoms with E-state index in [-0.39, 0.29) is 23.7 Å². The normalized spacial score (nSPS) is 24.7. The highest BCUT2D eigenvalue weighted by Gasteiger charge is 2.50. The van der Waals surface area contributed by atoms with Crippen molar-refractivity contribution < 1.29 is 9.59 Å². The minimum atomic E-state index is -0.166. The van der Waals surface area contributed by atoms with Gasteiger partial charge in [-0.2, -0.15) is 0 Å². The molecule has 0 unspecified atom stereocenters. The van der Waals surface area contributed by atoms with E-state index in [0.717, 1.165) is 17.4 Å². The number of pyridine rings is 1. The van der Waals surface area contributed by atoms with Crippen molar-refractivity contribution >= 4 is 22.7 Å². The Labute approximate surface area is 134 Å². The summed E-state index contributed by atoms with van der Waals surface area (Å²) in [4.78, 5) is 32.2. The summed E-state index contributed by atoms with van der Waals surface area (Å²) in [5.74, 6) is -0.389. The predicted octanol–water partition coefficient (Wildman–Crippen LogP) is 1.59. The molecule has 2 aromatic rings. The first-order valence-electron chi connectivity index (χ1n) is 7.93. The number of rotatable bonds is 2. The third-order valence-electron chi connectivity index (χ3n) is 5.20. The molecule has 5 nitrogen and oxygen atoms in total. The van der Waals surface area contributed by atoms with Gasteiger partial charge in [-0.05, 0) is 30.2 Å². The molecule has 2 saturated heterocycles. The lowest BCUT2D eigenvalue weighted by Crippen LogP contribution is -2.33. The Morgan fingerprint density at radius 2 is 1.83 bits per heavy atom. The average molecular weight is 309 g/mol. The van der Waals surface area contributed by atoms with Gasteiger partial charge in [-0.1, -0.05) is 12.1 Å². The maximum Gasteiger partial charge on any atom is 0.234 e. The highest BCUT2D eigenvalue weighted by Crippen LogP contribution is 2.34. The van der Waals surface area contributed by atoms with E-state index >= 15 is 0 Å². The fourth-order valence-electron chi connectivity index (χ4n) is 3.88. The molecule has 0 spiro atoms. The molecule has 5 heteroatoms. The molecule has 0 N–H and O–H groups in total. The van der Waals surface area contributed by atoms with Crippen molar-refractivity contribution in [2.75, 3.05) is 20.1 Å². The summed E-state index contributed by atoms with van der Waals surface area (Å²) >= 11 is 0. The van der Waals surface area contributed by atoms with Gasteiger partial charge >= 0.3 is 0 Å². The Morgan fingerprint density at radius 3 is 2.52 bits per heavy atom. The van der Waals surface area contributed by atoms with Crippen LogP contribution in [-0.2, 0) is 16.1 Å². The standard InChI is InChI=1S/C18H19N3O2/c1-11-5-6-16-12(4-3-7-19-16)13(11)8-21-9-14-15(10-21)18(23)20(2)17(14)22/h3-7,14-15H,8-10H2,1-2H3/t14-,15+. The molecule has 118 valence electrons. The van der Waals surface area contributed by atoms with Gasteiger partial charge in [0, 0.05) is 38.3 Å². The van der Waals surface area contributed by atoms with Crippen LogP contribution in [0.1, 0.15) is 11.1 Å². The second-order valence-electron chi connectivity index (χ2n) is 6.57. The second-order valence-corrected chi connectivity index (χ2v) is 6.57. The number of benzene rings is 1.